The van der Waals surface area contributed by atoms with Crippen LogP contribution in [0.25, 0.3) is 0 Å². The Labute approximate surface area is 72.8 Å². The fourth-order valence-electron chi connectivity index (χ4n) is 1.33. The second kappa shape index (κ2) is 5.01. The highest BCUT2D eigenvalue weighted by Gasteiger charge is 2.14. The lowest BCUT2D eigenvalue weighted by Gasteiger charge is -2.25. The van der Waals surface area contributed by atoms with E-state index in [1.54, 1.807) is 0 Å². The Balaban J connectivity index is 2.13. The van der Waals surface area contributed by atoms with E-state index in [1.807, 2.05) is 18.7 Å². The van der Waals surface area contributed by atoms with Crippen LogP contribution in [0.5, 0.6) is 0 Å². The smallest absolute Gasteiger partial charge is 0.0582 e. The quantitative estimate of drug-likeness (QED) is 0.667. The van der Waals surface area contributed by atoms with Crippen LogP contribution < -0.4 is 5.32 Å². The molecule has 3 heteroatoms. The number of hydrogen-bond donors (Lipinski definition) is 2. The number of thioether (sulfide) groups is 1. The molecule has 0 spiro atoms. The molecule has 0 radical (unpaired) electrons. The predicted octanol–water partition coefficient (Wildman–Crippen LogP) is 0.852. The van der Waals surface area contributed by atoms with Crippen LogP contribution in [0.15, 0.2) is 0 Å². The van der Waals surface area contributed by atoms with Crippen LogP contribution in [0.2, 0.25) is 0 Å². The summed E-state index contributed by atoms with van der Waals surface area (Å²) >= 11 is 2.01. The lowest BCUT2D eigenvalue weighted by atomic mass is 10.1. The molecular formula is C8H17NOS. The largest absolute Gasteiger partial charge is 0.395 e. The summed E-state index contributed by atoms with van der Waals surface area (Å²) in [5, 5.41) is 12.2. The monoisotopic (exact) mass is 175 g/mol. The standard InChI is InChI=1S/C8H17NOS/c1-7(5-10)9-8-3-2-4-11-6-8/h7-10H,2-6H2,1H3/t7-,8+/m1/s1. The molecular weight excluding hydrogens is 158 g/mol. The Hall–Kier alpha value is 0.270. The van der Waals surface area contributed by atoms with Crippen molar-refractivity contribution in [2.45, 2.75) is 31.8 Å². The van der Waals surface area contributed by atoms with Crippen LogP contribution in [0, 0.1) is 0 Å². The summed E-state index contributed by atoms with van der Waals surface area (Å²) in [4.78, 5) is 0. The van der Waals surface area contributed by atoms with Crippen molar-refractivity contribution < 1.29 is 5.11 Å². The zero-order valence-electron chi connectivity index (χ0n) is 7.05. The molecule has 2 nitrogen and oxygen atoms in total. The normalized spacial score (nSPS) is 28.4. The maximum atomic E-state index is 8.80. The van der Waals surface area contributed by atoms with Gasteiger partial charge in [0, 0.05) is 17.8 Å². The average Bonchev–Trinajstić information content (AvgIpc) is 2.06. The molecule has 0 aliphatic carbocycles. The molecule has 0 aromatic rings. The number of nitrogens with one attached hydrogen (secondary N) is 1. The number of rotatable bonds is 3. The lowest BCUT2D eigenvalue weighted by molar-refractivity contribution is 0.241. The van der Waals surface area contributed by atoms with E-state index < -0.39 is 0 Å². The van der Waals surface area contributed by atoms with Crippen molar-refractivity contribution >= 4 is 11.8 Å². The summed E-state index contributed by atoms with van der Waals surface area (Å²) in [6, 6.07) is 0.898. The zero-order valence-corrected chi connectivity index (χ0v) is 7.86. The first-order valence-corrected chi connectivity index (χ1v) is 5.43. The van der Waals surface area contributed by atoms with Crippen LogP contribution in [0.3, 0.4) is 0 Å². The summed E-state index contributed by atoms with van der Waals surface area (Å²) in [7, 11) is 0. The molecule has 1 fully saturated rings. The molecule has 0 bridgehead atoms. The van der Waals surface area contributed by atoms with E-state index in [2.05, 4.69) is 5.32 Å². The number of hydrogen-bond acceptors (Lipinski definition) is 3. The van der Waals surface area contributed by atoms with Crippen molar-refractivity contribution in [3.05, 3.63) is 0 Å². The first-order valence-electron chi connectivity index (χ1n) is 4.27. The Kier molecular flexibility index (Phi) is 4.26. The molecule has 1 saturated heterocycles. The zero-order chi connectivity index (χ0) is 8.10. The SMILES string of the molecule is C[C@H](CO)N[C@H]1CCCSC1. The van der Waals surface area contributed by atoms with Crippen LogP contribution >= 0.6 is 11.8 Å². The molecule has 0 aromatic heterocycles. The van der Waals surface area contributed by atoms with Crippen molar-refractivity contribution in [1.29, 1.82) is 0 Å². The fraction of sp³-hybridized carbons (Fsp3) is 1.00. The van der Waals surface area contributed by atoms with E-state index >= 15 is 0 Å². The van der Waals surface area contributed by atoms with Gasteiger partial charge < -0.3 is 10.4 Å². The van der Waals surface area contributed by atoms with Gasteiger partial charge in [-0.05, 0) is 25.5 Å². The lowest BCUT2D eigenvalue weighted by Crippen LogP contribution is -2.41. The minimum absolute atomic E-state index is 0.251. The highest BCUT2D eigenvalue weighted by Crippen LogP contribution is 2.16. The van der Waals surface area contributed by atoms with Crippen LogP contribution in [-0.2, 0) is 0 Å². The Morgan fingerprint density at radius 2 is 2.55 bits per heavy atom. The molecule has 0 amide bonds. The maximum Gasteiger partial charge on any atom is 0.0582 e. The van der Waals surface area contributed by atoms with Gasteiger partial charge in [-0.15, -0.1) is 0 Å². The second-order valence-corrected chi connectivity index (χ2v) is 4.31. The highest BCUT2D eigenvalue weighted by atomic mass is 32.2. The van der Waals surface area contributed by atoms with E-state index in [0.29, 0.717) is 6.04 Å². The third-order valence-corrected chi connectivity index (χ3v) is 3.17. The van der Waals surface area contributed by atoms with Gasteiger partial charge in [-0.25, -0.2) is 0 Å². The molecule has 0 saturated carbocycles. The van der Waals surface area contributed by atoms with Gasteiger partial charge in [0.15, 0.2) is 0 Å². The Morgan fingerprint density at radius 1 is 1.73 bits per heavy atom. The van der Waals surface area contributed by atoms with Gasteiger partial charge in [0.05, 0.1) is 6.61 Å². The number of aliphatic hydroxyl groups is 1. The molecule has 2 N–H and O–H groups in total. The molecule has 11 heavy (non-hydrogen) atoms. The van der Waals surface area contributed by atoms with Gasteiger partial charge in [0.25, 0.3) is 0 Å². The topological polar surface area (TPSA) is 32.3 Å². The third-order valence-electron chi connectivity index (χ3n) is 1.95. The van der Waals surface area contributed by atoms with Gasteiger partial charge in [-0.1, -0.05) is 0 Å². The molecule has 0 aromatic carbocycles. The first-order chi connectivity index (χ1) is 5.33. The fourth-order valence-corrected chi connectivity index (χ4v) is 2.41. The van der Waals surface area contributed by atoms with Crippen molar-refractivity contribution in [3.8, 4) is 0 Å². The van der Waals surface area contributed by atoms with Gasteiger partial charge in [0.1, 0.15) is 0 Å². The van der Waals surface area contributed by atoms with Gasteiger partial charge in [-0.3, -0.25) is 0 Å². The molecule has 2 atom stereocenters. The summed E-state index contributed by atoms with van der Waals surface area (Å²) in [6.45, 7) is 2.28. The minimum Gasteiger partial charge on any atom is -0.395 e. The van der Waals surface area contributed by atoms with Crippen molar-refractivity contribution in [2.75, 3.05) is 18.1 Å². The third kappa shape index (κ3) is 3.45. The van der Waals surface area contributed by atoms with Crippen LogP contribution in [0.4, 0.5) is 0 Å². The van der Waals surface area contributed by atoms with Crippen LogP contribution in [-0.4, -0.2) is 35.3 Å². The molecule has 1 heterocycles. The van der Waals surface area contributed by atoms with E-state index in [-0.39, 0.29) is 12.6 Å². The first kappa shape index (κ1) is 9.36. The second-order valence-electron chi connectivity index (χ2n) is 3.16. The average molecular weight is 175 g/mol. The van der Waals surface area contributed by atoms with E-state index in [9.17, 15) is 0 Å². The predicted molar refractivity (Wildman–Crippen MR) is 50.0 cm³/mol. The minimum atomic E-state index is 0.251. The summed E-state index contributed by atoms with van der Waals surface area (Å²) in [5.41, 5.74) is 0. The summed E-state index contributed by atoms with van der Waals surface area (Å²) < 4.78 is 0. The van der Waals surface area contributed by atoms with Crippen molar-refractivity contribution in [1.82, 2.24) is 5.32 Å². The Morgan fingerprint density at radius 3 is 3.09 bits per heavy atom. The van der Waals surface area contributed by atoms with Gasteiger partial charge in [0.2, 0.25) is 0 Å². The van der Waals surface area contributed by atoms with E-state index in [0.717, 1.165) is 0 Å². The Bertz CT molecular complexity index is 104. The summed E-state index contributed by atoms with van der Waals surface area (Å²) in [5.74, 6) is 2.52. The number of aliphatic hydroxyl groups excluding tert-OH is 1. The summed E-state index contributed by atoms with van der Waals surface area (Å²) in [6.07, 6.45) is 2.60. The van der Waals surface area contributed by atoms with E-state index in [4.69, 9.17) is 5.11 Å². The van der Waals surface area contributed by atoms with Crippen molar-refractivity contribution in [2.24, 2.45) is 0 Å². The van der Waals surface area contributed by atoms with E-state index in [1.165, 1.54) is 24.3 Å². The molecule has 1 rings (SSSR count). The molecule has 66 valence electrons. The maximum absolute atomic E-state index is 8.80. The molecule has 1 aliphatic rings. The van der Waals surface area contributed by atoms with Crippen molar-refractivity contribution in [3.63, 3.8) is 0 Å². The van der Waals surface area contributed by atoms with Crippen LogP contribution in [0.1, 0.15) is 19.8 Å². The molecule has 1 aliphatic heterocycles. The van der Waals surface area contributed by atoms with Gasteiger partial charge in [-0.2, -0.15) is 11.8 Å². The van der Waals surface area contributed by atoms with Gasteiger partial charge >= 0.3 is 0 Å². The molecule has 0 unspecified atom stereocenters. The highest BCUT2D eigenvalue weighted by molar-refractivity contribution is 7.99.